The van der Waals surface area contributed by atoms with Crippen molar-refractivity contribution in [2.75, 3.05) is 13.8 Å². The zero-order chi connectivity index (χ0) is 24.1. The van der Waals surface area contributed by atoms with Crippen molar-refractivity contribution < 1.29 is 19.0 Å². The summed E-state index contributed by atoms with van der Waals surface area (Å²) in [5, 5.41) is 1.04. The highest BCUT2D eigenvalue weighted by Gasteiger charge is 2.37. The van der Waals surface area contributed by atoms with Crippen LogP contribution in [0.3, 0.4) is 0 Å². The van der Waals surface area contributed by atoms with Crippen molar-refractivity contribution >= 4 is 22.8 Å². The van der Waals surface area contributed by atoms with Crippen molar-refractivity contribution in [1.29, 1.82) is 0 Å². The number of carbonyl (C=O) groups excluding carboxylic acids is 1. The summed E-state index contributed by atoms with van der Waals surface area (Å²) >= 11 is 0. The van der Waals surface area contributed by atoms with Crippen molar-refractivity contribution in [2.45, 2.75) is 65.1 Å². The lowest BCUT2D eigenvalue weighted by molar-refractivity contribution is 0.0393. The lowest BCUT2D eigenvalue weighted by Gasteiger charge is -2.37. The van der Waals surface area contributed by atoms with Crippen molar-refractivity contribution in [2.24, 2.45) is 0 Å². The number of fused-ring (bicyclic) bond motifs is 4. The van der Waals surface area contributed by atoms with E-state index in [1.54, 1.807) is 7.11 Å². The number of hydrogen-bond acceptors (Lipinski definition) is 5. The highest BCUT2D eigenvalue weighted by molar-refractivity contribution is 6.16. The Balaban J connectivity index is 1.38. The van der Waals surface area contributed by atoms with E-state index >= 15 is 0 Å². The van der Waals surface area contributed by atoms with Gasteiger partial charge in [-0.15, -0.1) is 0 Å². The summed E-state index contributed by atoms with van der Waals surface area (Å²) in [5.74, 6) is 2.61. The lowest BCUT2D eigenvalue weighted by Crippen LogP contribution is -2.41. The van der Waals surface area contributed by atoms with Gasteiger partial charge in [-0.3, -0.25) is 9.69 Å². The van der Waals surface area contributed by atoms with Crippen LogP contribution in [0.1, 0.15) is 66.1 Å². The Morgan fingerprint density at radius 2 is 2.00 bits per heavy atom. The lowest BCUT2D eigenvalue weighted by atomic mass is 9.93. The highest BCUT2D eigenvalue weighted by Crippen LogP contribution is 2.45. The molecule has 0 atom stereocenters. The summed E-state index contributed by atoms with van der Waals surface area (Å²) in [7, 11) is 1.67. The number of hydrogen-bond donors (Lipinski definition) is 0. The van der Waals surface area contributed by atoms with E-state index in [1.807, 2.05) is 31.2 Å². The van der Waals surface area contributed by atoms with Crippen LogP contribution in [0.15, 0.2) is 36.2 Å². The molecule has 0 radical (unpaired) electrons. The van der Waals surface area contributed by atoms with Gasteiger partial charge in [0.2, 0.25) is 5.78 Å². The van der Waals surface area contributed by atoms with Gasteiger partial charge in [0.15, 0.2) is 5.76 Å². The normalized spacial score (nSPS) is 19.5. The van der Waals surface area contributed by atoms with Gasteiger partial charge in [0.25, 0.3) is 0 Å². The second-order valence-electron chi connectivity index (χ2n) is 9.88. The summed E-state index contributed by atoms with van der Waals surface area (Å²) in [5.41, 5.74) is 4.62. The first-order chi connectivity index (χ1) is 17.1. The van der Waals surface area contributed by atoms with E-state index in [1.165, 1.54) is 32.1 Å². The van der Waals surface area contributed by atoms with Gasteiger partial charge in [-0.1, -0.05) is 19.3 Å². The molecule has 0 saturated heterocycles. The molecule has 1 aliphatic carbocycles. The largest absolute Gasteiger partial charge is 0.497 e. The molecular formula is C29H32N2O4. The molecule has 0 N–H and O–H groups in total. The molecule has 2 aliphatic heterocycles. The van der Waals surface area contributed by atoms with Gasteiger partial charge in [-0.2, -0.15) is 0 Å². The standard InChI is InChI=1S/C29H32N2O4/c1-4-30-15-19(22-14-21(33-3)10-11-24(22)30)13-26-28(32)27-18(2)12-25-23(29(27)35-26)16-31(17-34-25)20-8-6-5-7-9-20/h10-15,20H,4-9,16-17H2,1-3H3/b26-13-. The number of ether oxygens (including phenoxy) is 3. The van der Waals surface area contributed by atoms with Gasteiger partial charge < -0.3 is 18.8 Å². The van der Waals surface area contributed by atoms with Crippen LogP contribution in [0.5, 0.6) is 17.2 Å². The average molecular weight is 473 g/mol. The first-order valence-electron chi connectivity index (χ1n) is 12.7. The van der Waals surface area contributed by atoms with E-state index in [-0.39, 0.29) is 5.78 Å². The maximum Gasteiger partial charge on any atom is 0.232 e. The van der Waals surface area contributed by atoms with E-state index in [0.717, 1.165) is 52.2 Å². The van der Waals surface area contributed by atoms with Gasteiger partial charge in [-0.25, -0.2) is 0 Å². The summed E-state index contributed by atoms with van der Waals surface area (Å²) in [4.78, 5) is 16.0. The predicted molar refractivity (Wildman–Crippen MR) is 136 cm³/mol. The number of aryl methyl sites for hydroxylation is 2. The van der Waals surface area contributed by atoms with Crippen LogP contribution in [-0.2, 0) is 13.1 Å². The third-order valence-electron chi connectivity index (χ3n) is 7.79. The molecule has 35 heavy (non-hydrogen) atoms. The Bertz CT molecular complexity index is 1350. The van der Waals surface area contributed by atoms with E-state index in [2.05, 4.69) is 28.7 Å². The van der Waals surface area contributed by atoms with Crippen LogP contribution in [0.25, 0.3) is 17.0 Å². The maximum atomic E-state index is 13.5. The van der Waals surface area contributed by atoms with E-state index in [4.69, 9.17) is 14.2 Å². The molecule has 6 nitrogen and oxygen atoms in total. The summed E-state index contributed by atoms with van der Waals surface area (Å²) in [6.45, 7) is 6.28. The van der Waals surface area contributed by atoms with E-state index in [0.29, 0.717) is 29.8 Å². The van der Waals surface area contributed by atoms with Crippen LogP contribution in [0.4, 0.5) is 0 Å². The number of nitrogens with zero attached hydrogens (tertiary/aromatic N) is 2. The molecule has 6 heteroatoms. The average Bonchev–Trinajstić information content (AvgIpc) is 3.42. The minimum atomic E-state index is -0.0598. The second-order valence-corrected chi connectivity index (χ2v) is 9.88. The first-order valence-corrected chi connectivity index (χ1v) is 12.7. The molecule has 2 aromatic carbocycles. The summed E-state index contributed by atoms with van der Waals surface area (Å²) in [6, 6.07) is 8.58. The molecule has 1 fully saturated rings. The van der Waals surface area contributed by atoms with Gasteiger partial charge in [0.05, 0.1) is 18.2 Å². The first kappa shape index (κ1) is 22.2. The number of Topliss-reactive ketones (excluding diaryl/α,β-unsaturated/α-hetero) is 1. The number of allylic oxidation sites excluding steroid dienone is 1. The molecule has 3 aliphatic rings. The minimum Gasteiger partial charge on any atom is -0.497 e. The Hall–Kier alpha value is -3.25. The monoisotopic (exact) mass is 472 g/mol. The molecule has 1 saturated carbocycles. The second kappa shape index (κ2) is 8.76. The molecule has 1 aromatic heterocycles. The molecule has 0 spiro atoms. The minimum absolute atomic E-state index is 0.0598. The SMILES string of the molecule is CCn1cc(/C=C2\Oc3c4c(cc(C)c3C2=O)OCN(C2CCCCC2)C4)c2cc(OC)ccc21. The third kappa shape index (κ3) is 3.71. The van der Waals surface area contributed by atoms with Crippen LogP contribution >= 0.6 is 0 Å². The number of methoxy groups -OCH3 is 1. The maximum absolute atomic E-state index is 13.5. The Labute approximate surface area is 206 Å². The van der Waals surface area contributed by atoms with Crippen molar-refractivity contribution in [3.05, 3.63) is 58.5 Å². The quantitative estimate of drug-likeness (QED) is 0.431. The van der Waals surface area contributed by atoms with Crippen molar-refractivity contribution in [3.63, 3.8) is 0 Å². The molecule has 0 bridgehead atoms. The summed E-state index contributed by atoms with van der Waals surface area (Å²) in [6.07, 6.45) is 10.3. The topological polar surface area (TPSA) is 52.9 Å². The van der Waals surface area contributed by atoms with Gasteiger partial charge in [-0.05, 0) is 62.6 Å². The number of rotatable bonds is 4. The molecule has 0 unspecified atom stereocenters. The molecule has 3 heterocycles. The summed E-state index contributed by atoms with van der Waals surface area (Å²) < 4.78 is 20.2. The highest BCUT2D eigenvalue weighted by atomic mass is 16.5. The van der Waals surface area contributed by atoms with Crippen molar-refractivity contribution in [1.82, 2.24) is 9.47 Å². The predicted octanol–water partition coefficient (Wildman–Crippen LogP) is 6.08. The van der Waals surface area contributed by atoms with E-state index in [9.17, 15) is 4.79 Å². The van der Waals surface area contributed by atoms with Crippen LogP contribution in [-0.4, -0.2) is 35.1 Å². The van der Waals surface area contributed by atoms with Gasteiger partial charge in [0, 0.05) is 41.8 Å². The zero-order valence-corrected chi connectivity index (χ0v) is 20.7. The van der Waals surface area contributed by atoms with E-state index < -0.39 is 0 Å². The molecule has 3 aromatic rings. The fourth-order valence-corrected chi connectivity index (χ4v) is 5.88. The number of aromatic nitrogens is 1. The number of ketones is 1. The Kier molecular flexibility index (Phi) is 5.56. The van der Waals surface area contributed by atoms with Crippen LogP contribution < -0.4 is 14.2 Å². The molecule has 0 amide bonds. The van der Waals surface area contributed by atoms with Crippen molar-refractivity contribution in [3.8, 4) is 17.2 Å². The fraction of sp³-hybridized carbons (Fsp3) is 0.414. The molecule has 182 valence electrons. The van der Waals surface area contributed by atoms with Crippen LogP contribution in [0.2, 0.25) is 0 Å². The fourth-order valence-electron chi connectivity index (χ4n) is 5.88. The van der Waals surface area contributed by atoms with Crippen LogP contribution in [0, 0.1) is 6.92 Å². The van der Waals surface area contributed by atoms with Gasteiger partial charge in [0.1, 0.15) is 24.0 Å². The Morgan fingerprint density at radius 1 is 1.17 bits per heavy atom. The number of carbonyl (C=O) groups is 1. The Morgan fingerprint density at radius 3 is 2.77 bits per heavy atom. The van der Waals surface area contributed by atoms with Gasteiger partial charge >= 0.3 is 0 Å². The zero-order valence-electron chi connectivity index (χ0n) is 20.7. The molecular weight excluding hydrogens is 440 g/mol. The molecule has 6 rings (SSSR count). The number of benzene rings is 2. The third-order valence-corrected chi connectivity index (χ3v) is 7.79. The smallest absolute Gasteiger partial charge is 0.232 e.